The molecule has 0 amide bonds. The first kappa shape index (κ1) is 13.4. The van der Waals surface area contributed by atoms with Crippen molar-refractivity contribution in [3.05, 3.63) is 22.3 Å². The highest BCUT2D eigenvalue weighted by Gasteiger charge is 2.06. The Hall–Kier alpha value is -0.620. The summed E-state index contributed by atoms with van der Waals surface area (Å²) in [7, 11) is -2.91. The Morgan fingerprint density at radius 1 is 1.50 bits per heavy atom. The standard InChI is InChI=1S/C10H15BrN2O2S/c1-3-16(14,15)5-4-12-10-6-8(2)9(11)7-13-10/h6-7H,3-5H2,1-2H3,(H,12,13). The fraction of sp³-hybridized carbons (Fsp3) is 0.500. The molecule has 1 N–H and O–H groups in total. The molecule has 0 saturated heterocycles. The summed E-state index contributed by atoms with van der Waals surface area (Å²) in [4.78, 5) is 4.13. The lowest BCUT2D eigenvalue weighted by molar-refractivity contribution is 0.597. The van der Waals surface area contributed by atoms with E-state index >= 15 is 0 Å². The quantitative estimate of drug-likeness (QED) is 0.904. The van der Waals surface area contributed by atoms with Crippen LogP contribution >= 0.6 is 15.9 Å². The van der Waals surface area contributed by atoms with Crippen LogP contribution in [-0.4, -0.2) is 31.5 Å². The zero-order valence-corrected chi connectivity index (χ0v) is 11.7. The Morgan fingerprint density at radius 3 is 2.75 bits per heavy atom. The largest absolute Gasteiger partial charge is 0.369 e. The van der Waals surface area contributed by atoms with Gasteiger partial charge in [-0.3, -0.25) is 0 Å². The molecule has 0 aliphatic carbocycles. The van der Waals surface area contributed by atoms with E-state index in [1.807, 2.05) is 13.0 Å². The van der Waals surface area contributed by atoms with E-state index in [9.17, 15) is 8.42 Å². The number of aromatic nitrogens is 1. The highest BCUT2D eigenvalue weighted by molar-refractivity contribution is 9.10. The smallest absolute Gasteiger partial charge is 0.151 e. The third-order valence-electron chi connectivity index (χ3n) is 2.21. The van der Waals surface area contributed by atoms with Crippen molar-refractivity contribution in [1.29, 1.82) is 0 Å². The van der Waals surface area contributed by atoms with Gasteiger partial charge < -0.3 is 5.32 Å². The van der Waals surface area contributed by atoms with Gasteiger partial charge >= 0.3 is 0 Å². The van der Waals surface area contributed by atoms with Crippen LogP contribution in [0.3, 0.4) is 0 Å². The van der Waals surface area contributed by atoms with Gasteiger partial charge in [-0.2, -0.15) is 0 Å². The molecular weight excluding hydrogens is 292 g/mol. The number of hydrogen-bond acceptors (Lipinski definition) is 4. The second kappa shape index (κ2) is 5.63. The maximum Gasteiger partial charge on any atom is 0.151 e. The molecule has 0 aromatic carbocycles. The van der Waals surface area contributed by atoms with Crippen LogP contribution in [0.4, 0.5) is 5.82 Å². The first-order chi connectivity index (χ1) is 7.44. The summed E-state index contributed by atoms with van der Waals surface area (Å²) in [5.74, 6) is 1.02. The van der Waals surface area contributed by atoms with Crippen LogP contribution in [0.1, 0.15) is 12.5 Å². The summed E-state index contributed by atoms with van der Waals surface area (Å²) in [6.45, 7) is 4.00. The van der Waals surface area contributed by atoms with Gasteiger partial charge in [0.25, 0.3) is 0 Å². The number of nitrogens with one attached hydrogen (secondary N) is 1. The molecular formula is C10H15BrN2O2S. The molecule has 6 heteroatoms. The number of hydrogen-bond donors (Lipinski definition) is 1. The Balaban J connectivity index is 2.53. The van der Waals surface area contributed by atoms with Crippen LogP contribution in [0, 0.1) is 6.92 Å². The maximum atomic E-state index is 11.2. The summed E-state index contributed by atoms with van der Waals surface area (Å²) in [6.07, 6.45) is 1.70. The first-order valence-electron chi connectivity index (χ1n) is 5.01. The molecule has 16 heavy (non-hydrogen) atoms. The summed E-state index contributed by atoms with van der Waals surface area (Å²) in [5, 5.41) is 2.99. The normalized spacial score (nSPS) is 11.4. The van der Waals surface area contributed by atoms with E-state index in [2.05, 4.69) is 26.2 Å². The van der Waals surface area contributed by atoms with Gasteiger partial charge in [-0.1, -0.05) is 6.92 Å². The van der Waals surface area contributed by atoms with Crippen LogP contribution in [0.5, 0.6) is 0 Å². The zero-order chi connectivity index (χ0) is 12.2. The molecule has 0 fully saturated rings. The van der Waals surface area contributed by atoms with E-state index < -0.39 is 9.84 Å². The molecule has 1 rings (SSSR count). The molecule has 0 saturated carbocycles. The average Bonchev–Trinajstić information content (AvgIpc) is 2.23. The summed E-state index contributed by atoms with van der Waals surface area (Å²) >= 11 is 3.35. The third-order valence-corrected chi connectivity index (χ3v) is 4.74. The molecule has 0 unspecified atom stereocenters. The lowest BCUT2D eigenvalue weighted by Crippen LogP contribution is -2.17. The topological polar surface area (TPSA) is 59.1 Å². The third kappa shape index (κ3) is 4.09. The van der Waals surface area contributed by atoms with Gasteiger partial charge in [-0.25, -0.2) is 13.4 Å². The van der Waals surface area contributed by atoms with Gasteiger partial charge in [0.2, 0.25) is 0 Å². The summed E-state index contributed by atoms with van der Waals surface area (Å²) < 4.78 is 23.4. The van der Waals surface area contributed by atoms with Crippen LogP contribution < -0.4 is 5.32 Å². The SMILES string of the molecule is CCS(=O)(=O)CCNc1cc(C)c(Br)cn1. The molecule has 1 aromatic rings. The monoisotopic (exact) mass is 306 g/mol. The predicted octanol–water partition coefficient (Wildman–Crippen LogP) is 2.00. The van der Waals surface area contributed by atoms with Gasteiger partial charge in [0.15, 0.2) is 9.84 Å². The van der Waals surface area contributed by atoms with Crippen molar-refractivity contribution in [2.75, 3.05) is 23.4 Å². The van der Waals surface area contributed by atoms with Gasteiger partial charge in [0, 0.05) is 23.0 Å². The van der Waals surface area contributed by atoms with E-state index in [-0.39, 0.29) is 11.5 Å². The Labute approximate surface area is 105 Å². The second-order valence-corrected chi connectivity index (χ2v) is 6.81. The highest BCUT2D eigenvalue weighted by Crippen LogP contribution is 2.16. The van der Waals surface area contributed by atoms with Crippen LogP contribution in [0.25, 0.3) is 0 Å². The fourth-order valence-electron chi connectivity index (χ4n) is 1.11. The van der Waals surface area contributed by atoms with E-state index in [1.165, 1.54) is 0 Å². The highest BCUT2D eigenvalue weighted by atomic mass is 79.9. The first-order valence-corrected chi connectivity index (χ1v) is 7.62. The lowest BCUT2D eigenvalue weighted by Gasteiger charge is -2.06. The molecule has 0 radical (unpaired) electrons. The molecule has 4 nitrogen and oxygen atoms in total. The second-order valence-electron chi connectivity index (χ2n) is 3.48. The fourth-order valence-corrected chi connectivity index (χ4v) is 2.03. The Kier molecular flexibility index (Phi) is 4.73. The number of rotatable bonds is 5. The van der Waals surface area contributed by atoms with Gasteiger partial charge in [0.1, 0.15) is 5.82 Å². The van der Waals surface area contributed by atoms with Crippen LogP contribution in [0.2, 0.25) is 0 Å². The number of pyridine rings is 1. The van der Waals surface area contributed by atoms with Gasteiger partial charge in [-0.05, 0) is 34.5 Å². The molecule has 0 bridgehead atoms. The van der Waals surface area contributed by atoms with Crippen molar-refractivity contribution >= 4 is 31.6 Å². The number of anilines is 1. The van der Waals surface area contributed by atoms with Crippen molar-refractivity contribution in [3.63, 3.8) is 0 Å². The van der Waals surface area contributed by atoms with Crippen LogP contribution in [-0.2, 0) is 9.84 Å². The molecule has 1 heterocycles. The average molecular weight is 307 g/mol. The zero-order valence-electron chi connectivity index (χ0n) is 9.33. The number of halogens is 1. The van der Waals surface area contributed by atoms with E-state index in [1.54, 1.807) is 13.1 Å². The maximum absolute atomic E-state index is 11.2. The Bertz CT molecular complexity index is 460. The van der Waals surface area contributed by atoms with Gasteiger partial charge in [-0.15, -0.1) is 0 Å². The number of aryl methyl sites for hydroxylation is 1. The van der Waals surface area contributed by atoms with Crippen molar-refractivity contribution < 1.29 is 8.42 Å². The van der Waals surface area contributed by atoms with E-state index in [4.69, 9.17) is 0 Å². The predicted molar refractivity (Wildman–Crippen MR) is 69.5 cm³/mol. The molecule has 1 aromatic heterocycles. The molecule has 0 spiro atoms. The summed E-state index contributed by atoms with van der Waals surface area (Å²) in [5.41, 5.74) is 1.07. The minimum absolute atomic E-state index is 0.139. The molecule has 0 aliphatic heterocycles. The molecule has 0 atom stereocenters. The lowest BCUT2D eigenvalue weighted by atomic mass is 10.3. The van der Waals surface area contributed by atoms with E-state index in [0.29, 0.717) is 12.4 Å². The van der Waals surface area contributed by atoms with Crippen molar-refractivity contribution in [2.24, 2.45) is 0 Å². The number of nitrogens with zero attached hydrogens (tertiary/aromatic N) is 1. The van der Waals surface area contributed by atoms with Crippen molar-refractivity contribution in [3.8, 4) is 0 Å². The molecule has 90 valence electrons. The van der Waals surface area contributed by atoms with E-state index in [0.717, 1.165) is 10.0 Å². The number of sulfone groups is 1. The van der Waals surface area contributed by atoms with Gasteiger partial charge in [0.05, 0.1) is 5.75 Å². The minimum Gasteiger partial charge on any atom is -0.369 e. The minimum atomic E-state index is -2.91. The molecule has 0 aliphatic rings. The Morgan fingerprint density at radius 2 is 2.19 bits per heavy atom. The van der Waals surface area contributed by atoms with Crippen molar-refractivity contribution in [1.82, 2.24) is 4.98 Å². The van der Waals surface area contributed by atoms with Crippen LogP contribution in [0.15, 0.2) is 16.7 Å². The summed E-state index contributed by atoms with van der Waals surface area (Å²) in [6, 6.07) is 1.88. The van der Waals surface area contributed by atoms with Crippen molar-refractivity contribution in [2.45, 2.75) is 13.8 Å².